The van der Waals surface area contributed by atoms with Crippen molar-refractivity contribution in [2.45, 2.75) is 20.8 Å². The number of aromatic nitrogens is 2. The standard InChI is InChI=1S/C47H34N2O2/c1-28-20-29(2)22-34(21-28)35-25-43(49-44(26-35)41-19-18-31-10-4-5-13-37(31)46(41)50)33-12-8-11-32(24-33)42-27-36(23-30(3)48-42)38-15-9-16-40-39-14-6-7-17-45(39)51-47(38)40/h4-27,50H,1-3H3. The Balaban J connectivity index is 1.19. The summed E-state index contributed by atoms with van der Waals surface area (Å²) in [6.45, 7) is 6.28. The number of furan rings is 1. The van der Waals surface area contributed by atoms with E-state index in [1.54, 1.807) is 0 Å². The molecule has 1 N–H and O–H groups in total. The lowest BCUT2D eigenvalue weighted by Crippen LogP contribution is -1.94. The van der Waals surface area contributed by atoms with Gasteiger partial charge in [-0.05, 0) is 85.3 Å². The minimum Gasteiger partial charge on any atom is -0.507 e. The average molecular weight is 659 g/mol. The van der Waals surface area contributed by atoms with Crippen molar-refractivity contribution in [3.8, 4) is 61.8 Å². The Kier molecular flexibility index (Phi) is 7.25. The van der Waals surface area contributed by atoms with Crippen LogP contribution in [0.1, 0.15) is 16.8 Å². The van der Waals surface area contributed by atoms with Gasteiger partial charge in [-0.3, -0.25) is 4.98 Å². The van der Waals surface area contributed by atoms with Gasteiger partial charge in [-0.25, -0.2) is 4.98 Å². The summed E-state index contributed by atoms with van der Waals surface area (Å²) in [7, 11) is 0. The third kappa shape index (κ3) is 5.51. The molecule has 6 aromatic carbocycles. The van der Waals surface area contributed by atoms with Crippen LogP contribution in [0.4, 0.5) is 0 Å². The zero-order chi connectivity index (χ0) is 34.6. The molecular formula is C47H34N2O2. The highest BCUT2D eigenvalue weighted by molar-refractivity contribution is 6.09. The summed E-state index contributed by atoms with van der Waals surface area (Å²) in [4.78, 5) is 10.2. The molecule has 51 heavy (non-hydrogen) atoms. The van der Waals surface area contributed by atoms with Crippen LogP contribution in [-0.4, -0.2) is 15.1 Å². The summed E-state index contributed by atoms with van der Waals surface area (Å²) in [5, 5.41) is 15.5. The van der Waals surface area contributed by atoms with Gasteiger partial charge in [0.25, 0.3) is 0 Å². The number of para-hydroxylation sites is 2. The van der Waals surface area contributed by atoms with Crippen LogP contribution in [0, 0.1) is 20.8 Å². The lowest BCUT2D eigenvalue weighted by Gasteiger charge is -2.14. The molecule has 0 aliphatic heterocycles. The first-order valence-electron chi connectivity index (χ1n) is 17.2. The third-order valence-corrected chi connectivity index (χ3v) is 9.68. The van der Waals surface area contributed by atoms with Crippen molar-refractivity contribution < 1.29 is 9.52 Å². The molecule has 244 valence electrons. The fourth-order valence-electron chi connectivity index (χ4n) is 7.37. The molecule has 0 aliphatic carbocycles. The highest BCUT2D eigenvalue weighted by atomic mass is 16.3. The number of nitrogens with zero attached hydrogens (tertiary/aromatic N) is 2. The molecule has 0 saturated carbocycles. The van der Waals surface area contributed by atoms with Gasteiger partial charge in [-0.15, -0.1) is 0 Å². The third-order valence-electron chi connectivity index (χ3n) is 9.68. The monoisotopic (exact) mass is 658 g/mol. The lowest BCUT2D eigenvalue weighted by molar-refractivity contribution is 0.483. The number of benzene rings is 6. The zero-order valence-electron chi connectivity index (χ0n) is 28.6. The quantitative estimate of drug-likeness (QED) is 0.200. The number of hydrogen-bond donors (Lipinski definition) is 1. The number of fused-ring (bicyclic) bond motifs is 4. The summed E-state index contributed by atoms with van der Waals surface area (Å²) in [6, 6.07) is 49.9. The molecule has 0 saturated heterocycles. The molecule has 0 spiro atoms. The second kappa shape index (κ2) is 12.1. The van der Waals surface area contributed by atoms with E-state index in [1.807, 2.05) is 61.5 Å². The SMILES string of the molecule is Cc1cc(C)cc(-c2cc(-c3cccc(-c4cc(-c5cccc6c5oc5ccccc56)cc(C)n4)c3)nc(-c3ccc4ccccc4c3O)c2)c1. The number of pyridine rings is 2. The Bertz CT molecular complexity index is 2790. The predicted octanol–water partition coefficient (Wildman–Crippen LogP) is 12.5. The Labute approximate surface area is 296 Å². The molecule has 9 rings (SSSR count). The molecule has 0 radical (unpaired) electrons. The number of hydrogen-bond acceptors (Lipinski definition) is 4. The second-order valence-electron chi connectivity index (χ2n) is 13.4. The number of phenolic OH excluding ortho intramolecular Hbond substituents is 1. The van der Waals surface area contributed by atoms with Gasteiger partial charge in [-0.1, -0.05) is 114 Å². The van der Waals surface area contributed by atoms with Crippen molar-refractivity contribution in [2.75, 3.05) is 0 Å². The summed E-state index contributed by atoms with van der Waals surface area (Å²) >= 11 is 0. The molecule has 0 unspecified atom stereocenters. The molecule has 0 aliphatic rings. The van der Waals surface area contributed by atoms with Crippen LogP contribution in [-0.2, 0) is 0 Å². The van der Waals surface area contributed by atoms with Gasteiger partial charge in [-0.2, -0.15) is 0 Å². The summed E-state index contributed by atoms with van der Waals surface area (Å²) in [6.07, 6.45) is 0. The van der Waals surface area contributed by atoms with Gasteiger partial charge in [0.05, 0.1) is 17.1 Å². The number of phenols is 1. The van der Waals surface area contributed by atoms with Gasteiger partial charge < -0.3 is 9.52 Å². The van der Waals surface area contributed by atoms with Gasteiger partial charge in [0.1, 0.15) is 16.9 Å². The van der Waals surface area contributed by atoms with E-state index in [1.165, 1.54) is 11.1 Å². The fraction of sp³-hybridized carbons (Fsp3) is 0.0638. The number of aryl methyl sites for hydroxylation is 3. The van der Waals surface area contributed by atoms with Crippen LogP contribution in [0.25, 0.3) is 88.7 Å². The smallest absolute Gasteiger partial charge is 0.143 e. The highest BCUT2D eigenvalue weighted by Gasteiger charge is 2.17. The normalized spacial score (nSPS) is 11.5. The molecule has 0 amide bonds. The molecule has 3 aromatic heterocycles. The summed E-state index contributed by atoms with van der Waals surface area (Å²) < 4.78 is 6.40. The van der Waals surface area contributed by atoms with Crippen molar-refractivity contribution in [3.63, 3.8) is 0 Å². The van der Waals surface area contributed by atoms with Crippen molar-refractivity contribution in [2.24, 2.45) is 0 Å². The zero-order valence-corrected chi connectivity index (χ0v) is 28.6. The number of rotatable bonds is 5. The topological polar surface area (TPSA) is 59.2 Å². The Hall–Kier alpha value is -6.52. The second-order valence-corrected chi connectivity index (χ2v) is 13.4. The van der Waals surface area contributed by atoms with Gasteiger partial charge in [0.15, 0.2) is 0 Å². The average Bonchev–Trinajstić information content (AvgIpc) is 3.53. The van der Waals surface area contributed by atoms with Crippen LogP contribution in [0.15, 0.2) is 150 Å². The minimum absolute atomic E-state index is 0.230. The highest BCUT2D eigenvalue weighted by Crippen LogP contribution is 2.40. The first-order chi connectivity index (χ1) is 24.9. The van der Waals surface area contributed by atoms with Gasteiger partial charge in [0.2, 0.25) is 0 Å². The van der Waals surface area contributed by atoms with Crippen molar-refractivity contribution >= 4 is 32.7 Å². The first-order valence-corrected chi connectivity index (χ1v) is 17.2. The number of aromatic hydroxyl groups is 1. The van der Waals surface area contributed by atoms with E-state index in [9.17, 15) is 5.11 Å². The molecule has 9 aromatic rings. The molecule has 4 nitrogen and oxygen atoms in total. The van der Waals surface area contributed by atoms with Crippen LogP contribution in [0.3, 0.4) is 0 Å². The van der Waals surface area contributed by atoms with Crippen LogP contribution < -0.4 is 0 Å². The van der Waals surface area contributed by atoms with E-state index in [0.29, 0.717) is 11.3 Å². The van der Waals surface area contributed by atoms with E-state index in [4.69, 9.17) is 14.4 Å². The maximum absolute atomic E-state index is 11.5. The maximum Gasteiger partial charge on any atom is 0.143 e. The Morgan fingerprint density at radius 1 is 0.451 bits per heavy atom. The van der Waals surface area contributed by atoms with Crippen molar-refractivity contribution in [3.05, 3.63) is 162 Å². The van der Waals surface area contributed by atoms with E-state index < -0.39 is 0 Å². The Morgan fingerprint density at radius 2 is 1.10 bits per heavy atom. The van der Waals surface area contributed by atoms with E-state index in [-0.39, 0.29) is 5.75 Å². The molecule has 3 heterocycles. The molecule has 0 bridgehead atoms. The van der Waals surface area contributed by atoms with Crippen LogP contribution >= 0.6 is 0 Å². The van der Waals surface area contributed by atoms with E-state index >= 15 is 0 Å². The lowest BCUT2D eigenvalue weighted by atomic mass is 9.95. The summed E-state index contributed by atoms with van der Waals surface area (Å²) in [5.41, 5.74) is 14.4. The molecular weight excluding hydrogens is 625 g/mol. The van der Waals surface area contributed by atoms with Crippen molar-refractivity contribution in [1.29, 1.82) is 0 Å². The molecule has 4 heteroatoms. The molecule has 0 fully saturated rings. The Morgan fingerprint density at radius 3 is 1.92 bits per heavy atom. The minimum atomic E-state index is 0.230. The van der Waals surface area contributed by atoms with E-state index in [2.05, 4.69) is 105 Å². The van der Waals surface area contributed by atoms with E-state index in [0.717, 1.165) is 83.2 Å². The van der Waals surface area contributed by atoms with Crippen LogP contribution in [0.2, 0.25) is 0 Å². The summed E-state index contributed by atoms with van der Waals surface area (Å²) in [5.74, 6) is 0.230. The first kappa shape index (κ1) is 30.5. The largest absolute Gasteiger partial charge is 0.507 e. The van der Waals surface area contributed by atoms with Crippen molar-refractivity contribution in [1.82, 2.24) is 9.97 Å². The fourth-order valence-corrected chi connectivity index (χ4v) is 7.37. The maximum atomic E-state index is 11.5. The molecule has 0 atom stereocenters. The van der Waals surface area contributed by atoms with Gasteiger partial charge in [0, 0.05) is 44.1 Å². The van der Waals surface area contributed by atoms with Gasteiger partial charge >= 0.3 is 0 Å². The van der Waals surface area contributed by atoms with Crippen LogP contribution in [0.5, 0.6) is 5.75 Å². The predicted molar refractivity (Wildman–Crippen MR) is 210 cm³/mol.